The van der Waals surface area contributed by atoms with Crippen LogP contribution in [0.15, 0.2) is 18.2 Å². The number of hydrogen-bond donors (Lipinski definition) is 1. The monoisotopic (exact) mass is 304 g/mol. The summed E-state index contributed by atoms with van der Waals surface area (Å²) in [4.78, 5) is 0. The molecule has 2 aliphatic carbocycles. The Labute approximate surface area is 131 Å². The molecule has 1 N–H and O–H groups in total. The SMILES string of the molecule is CCOC1CC(Nc2ccc(Cl)c(C#N)c2)C12CCCC2. The van der Waals surface area contributed by atoms with Crippen LogP contribution >= 0.6 is 11.6 Å². The maximum absolute atomic E-state index is 9.08. The van der Waals surface area contributed by atoms with Gasteiger partial charge in [0.2, 0.25) is 0 Å². The lowest BCUT2D eigenvalue weighted by Gasteiger charge is -2.54. The number of benzene rings is 1. The molecule has 1 spiro atoms. The summed E-state index contributed by atoms with van der Waals surface area (Å²) in [6.07, 6.45) is 6.53. The Kier molecular flexibility index (Phi) is 4.10. The van der Waals surface area contributed by atoms with Crippen molar-refractivity contribution in [2.24, 2.45) is 5.41 Å². The molecule has 112 valence electrons. The summed E-state index contributed by atoms with van der Waals surface area (Å²) in [5.74, 6) is 0. The Morgan fingerprint density at radius 1 is 1.43 bits per heavy atom. The lowest BCUT2D eigenvalue weighted by molar-refractivity contribution is -0.114. The highest BCUT2D eigenvalue weighted by Gasteiger charge is 2.56. The Morgan fingerprint density at radius 2 is 2.19 bits per heavy atom. The molecule has 3 nitrogen and oxygen atoms in total. The molecule has 0 aromatic heterocycles. The molecule has 1 aromatic carbocycles. The van der Waals surface area contributed by atoms with Gasteiger partial charge in [-0.1, -0.05) is 24.4 Å². The van der Waals surface area contributed by atoms with Gasteiger partial charge < -0.3 is 10.1 Å². The van der Waals surface area contributed by atoms with E-state index >= 15 is 0 Å². The summed E-state index contributed by atoms with van der Waals surface area (Å²) in [7, 11) is 0. The van der Waals surface area contributed by atoms with Crippen molar-refractivity contribution in [1.82, 2.24) is 0 Å². The van der Waals surface area contributed by atoms with Gasteiger partial charge in [0.05, 0.1) is 16.7 Å². The van der Waals surface area contributed by atoms with Crippen molar-refractivity contribution in [1.29, 1.82) is 5.26 Å². The summed E-state index contributed by atoms with van der Waals surface area (Å²) >= 11 is 6.00. The van der Waals surface area contributed by atoms with Crippen LogP contribution in [-0.4, -0.2) is 18.8 Å². The molecule has 2 atom stereocenters. The molecule has 0 amide bonds. The van der Waals surface area contributed by atoms with Crippen LogP contribution < -0.4 is 5.32 Å². The van der Waals surface area contributed by atoms with Gasteiger partial charge in [0.1, 0.15) is 6.07 Å². The van der Waals surface area contributed by atoms with Crippen LogP contribution in [0, 0.1) is 16.7 Å². The minimum absolute atomic E-state index is 0.294. The first kappa shape index (κ1) is 14.7. The molecule has 2 unspecified atom stereocenters. The van der Waals surface area contributed by atoms with E-state index in [1.54, 1.807) is 6.07 Å². The molecule has 0 radical (unpaired) electrons. The topological polar surface area (TPSA) is 45.0 Å². The molecule has 21 heavy (non-hydrogen) atoms. The first-order valence-corrected chi connectivity index (χ1v) is 8.15. The highest BCUT2D eigenvalue weighted by Crippen LogP contribution is 2.55. The summed E-state index contributed by atoms with van der Waals surface area (Å²) in [5, 5.41) is 13.2. The van der Waals surface area contributed by atoms with Crippen molar-refractivity contribution >= 4 is 17.3 Å². The van der Waals surface area contributed by atoms with E-state index in [1.165, 1.54) is 25.7 Å². The van der Waals surface area contributed by atoms with Gasteiger partial charge >= 0.3 is 0 Å². The average Bonchev–Trinajstić information content (AvgIpc) is 3.00. The largest absolute Gasteiger partial charge is 0.382 e. The number of halogens is 1. The fourth-order valence-electron chi connectivity index (χ4n) is 3.99. The van der Waals surface area contributed by atoms with Crippen molar-refractivity contribution in [3.8, 4) is 6.07 Å². The fraction of sp³-hybridized carbons (Fsp3) is 0.588. The first-order chi connectivity index (χ1) is 10.2. The van der Waals surface area contributed by atoms with E-state index in [1.807, 2.05) is 12.1 Å². The minimum Gasteiger partial charge on any atom is -0.382 e. The molecule has 4 heteroatoms. The average molecular weight is 305 g/mol. The molecule has 0 heterocycles. The van der Waals surface area contributed by atoms with Gasteiger partial charge in [0, 0.05) is 23.8 Å². The van der Waals surface area contributed by atoms with Crippen molar-refractivity contribution in [3.05, 3.63) is 28.8 Å². The van der Waals surface area contributed by atoms with Crippen LogP contribution in [-0.2, 0) is 4.74 Å². The zero-order valence-corrected chi connectivity index (χ0v) is 13.1. The maximum Gasteiger partial charge on any atom is 0.101 e. The molecular formula is C17H21ClN2O. The second-order valence-corrected chi connectivity index (χ2v) is 6.53. The number of nitrogens with zero attached hydrogens (tertiary/aromatic N) is 1. The summed E-state index contributed by atoms with van der Waals surface area (Å²) < 4.78 is 5.93. The molecule has 0 aliphatic heterocycles. The Hall–Kier alpha value is -1.24. The lowest BCUT2D eigenvalue weighted by Crippen LogP contribution is -2.60. The molecular weight excluding hydrogens is 284 g/mol. The predicted octanol–water partition coefficient (Wildman–Crippen LogP) is 4.36. The van der Waals surface area contributed by atoms with Crippen molar-refractivity contribution in [2.75, 3.05) is 11.9 Å². The highest BCUT2D eigenvalue weighted by atomic mass is 35.5. The van der Waals surface area contributed by atoms with Gasteiger partial charge in [-0.15, -0.1) is 0 Å². The third kappa shape index (κ3) is 2.52. The fourth-order valence-corrected chi connectivity index (χ4v) is 4.15. The Morgan fingerprint density at radius 3 is 2.86 bits per heavy atom. The molecule has 3 rings (SSSR count). The predicted molar refractivity (Wildman–Crippen MR) is 84.5 cm³/mol. The van der Waals surface area contributed by atoms with Crippen LogP contribution in [0.1, 0.15) is 44.6 Å². The quantitative estimate of drug-likeness (QED) is 0.899. The number of nitriles is 1. The third-order valence-corrected chi connectivity index (χ3v) is 5.44. The zero-order chi connectivity index (χ0) is 14.9. The van der Waals surface area contributed by atoms with Crippen LogP contribution in [0.4, 0.5) is 5.69 Å². The van der Waals surface area contributed by atoms with E-state index < -0.39 is 0 Å². The minimum atomic E-state index is 0.294. The second kappa shape index (κ2) is 5.87. The van der Waals surface area contributed by atoms with E-state index in [0.29, 0.717) is 28.1 Å². The molecule has 2 fully saturated rings. The smallest absolute Gasteiger partial charge is 0.101 e. The molecule has 2 saturated carbocycles. The maximum atomic E-state index is 9.08. The van der Waals surface area contributed by atoms with Gasteiger partial charge in [-0.3, -0.25) is 0 Å². The Bertz CT molecular complexity index is 560. The first-order valence-electron chi connectivity index (χ1n) is 7.77. The Balaban J connectivity index is 1.75. The van der Waals surface area contributed by atoms with E-state index in [2.05, 4.69) is 18.3 Å². The van der Waals surface area contributed by atoms with Gasteiger partial charge in [0.15, 0.2) is 0 Å². The zero-order valence-electron chi connectivity index (χ0n) is 12.4. The van der Waals surface area contributed by atoms with E-state index in [0.717, 1.165) is 18.7 Å². The van der Waals surface area contributed by atoms with Crippen LogP contribution in [0.25, 0.3) is 0 Å². The highest BCUT2D eigenvalue weighted by molar-refractivity contribution is 6.31. The summed E-state index contributed by atoms with van der Waals surface area (Å²) in [5.41, 5.74) is 1.81. The van der Waals surface area contributed by atoms with E-state index in [9.17, 15) is 0 Å². The number of ether oxygens (including phenoxy) is 1. The number of rotatable bonds is 4. The summed E-state index contributed by atoms with van der Waals surface area (Å²) in [6.45, 7) is 2.86. The summed E-state index contributed by atoms with van der Waals surface area (Å²) in [6, 6.07) is 8.19. The van der Waals surface area contributed by atoms with Gasteiger partial charge in [-0.2, -0.15) is 5.26 Å². The molecule has 2 aliphatic rings. The molecule has 0 bridgehead atoms. The lowest BCUT2D eigenvalue weighted by atomic mass is 9.60. The van der Waals surface area contributed by atoms with Crippen LogP contribution in [0.3, 0.4) is 0 Å². The third-order valence-electron chi connectivity index (χ3n) is 5.12. The van der Waals surface area contributed by atoms with Crippen LogP contribution in [0.2, 0.25) is 5.02 Å². The standard InChI is InChI=1S/C17H21ClN2O/c1-2-21-16-10-15(17(16)7-3-4-8-17)20-13-5-6-14(18)12(9-13)11-19/h5-6,9,15-16,20H,2-4,7-8,10H2,1H3. The molecule has 1 aromatic rings. The second-order valence-electron chi connectivity index (χ2n) is 6.12. The number of hydrogen-bond acceptors (Lipinski definition) is 3. The normalized spacial score (nSPS) is 26.3. The van der Waals surface area contributed by atoms with Crippen LogP contribution in [0.5, 0.6) is 0 Å². The van der Waals surface area contributed by atoms with Crippen molar-refractivity contribution in [3.63, 3.8) is 0 Å². The van der Waals surface area contributed by atoms with Gasteiger partial charge in [0.25, 0.3) is 0 Å². The van der Waals surface area contributed by atoms with E-state index in [4.69, 9.17) is 21.6 Å². The molecule has 0 saturated heterocycles. The number of anilines is 1. The van der Waals surface area contributed by atoms with Crippen molar-refractivity contribution in [2.45, 2.75) is 51.2 Å². The van der Waals surface area contributed by atoms with Gasteiger partial charge in [-0.25, -0.2) is 0 Å². The van der Waals surface area contributed by atoms with Gasteiger partial charge in [-0.05, 0) is 44.4 Å². The van der Waals surface area contributed by atoms with Crippen molar-refractivity contribution < 1.29 is 4.74 Å². The van der Waals surface area contributed by atoms with E-state index in [-0.39, 0.29) is 0 Å². The number of nitrogens with one attached hydrogen (secondary N) is 1.